The molecule has 2 aliphatic rings. The number of carbonyl (C=O) groups is 1. The van der Waals surface area contributed by atoms with Crippen LogP contribution in [0.5, 0.6) is 5.88 Å². The smallest absolute Gasteiger partial charge is 0.303 e. The highest BCUT2D eigenvalue weighted by molar-refractivity contribution is 6.09. The molecule has 7 nitrogen and oxygen atoms in total. The lowest BCUT2D eigenvalue weighted by Gasteiger charge is -2.32. The number of hydrogen-bond donors (Lipinski definition) is 2. The van der Waals surface area contributed by atoms with Crippen molar-refractivity contribution in [2.75, 3.05) is 5.73 Å². The van der Waals surface area contributed by atoms with Crippen LogP contribution >= 0.6 is 0 Å². The Labute approximate surface area is 176 Å². The van der Waals surface area contributed by atoms with Gasteiger partial charge in [0.15, 0.2) is 11.5 Å². The van der Waals surface area contributed by atoms with Crippen LogP contribution in [0.1, 0.15) is 69.4 Å². The van der Waals surface area contributed by atoms with Gasteiger partial charge in [-0.15, -0.1) is 0 Å². The van der Waals surface area contributed by atoms with Crippen LogP contribution in [0, 0.1) is 5.92 Å². The lowest BCUT2D eigenvalue weighted by Crippen LogP contribution is -2.41. The molecule has 1 aliphatic heterocycles. The quantitative estimate of drug-likeness (QED) is 0.754. The molecule has 2 aromatic rings. The van der Waals surface area contributed by atoms with Crippen molar-refractivity contribution in [3.8, 4) is 5.88 Å². The largest absolute Gasteiger partial charge is 0.481 e. The van der Waals surface area contributed by atoms with Crippen molar-refractivity contribution in [1.29, 1.82) is 0 Å². The van der Waals surface area contributed by atoms with Crippen molar-refractivity contribution in [2.45, 2.75) is 63.9 Å². The van der Waals surface area contributed by atoms with E-state index in [0.717, 1.165) is 43.4 Å². The number of fused-ring (bicyclic) bond motifs is 1. The van der Waals surface area contributed by atoms with Crippen molar-refractivity contribution >= 4 is 23.2 Å². The average molecular weight is 409 g/mol. The van der Waals surface area contributed by atoms with Crippen LogP contribution in [0.3, 0.4) is 0 Å². The minimum absolute atomic E-state index is 0.280. The van der Waals surface area contributed by atoms with Crippen LogP contribution in [0.25, 0.3) is 0 Å². The van der Waals surface area contributed by atoms with E-state index in [4.69, 9.17) is 20.6 Å². The molecule has 0 bridgehead atoms. The van der Waals surface area contributed by atoms with Gasteiger partial charge in [0.05, 0.1) is 5.71 Å². The number of nitrogens with two attached hydrogens (primary N) is 1. The molecule has 1 aliphatic carbocycles. The molecule has 0 unspecified atom stereocenters. The van der Waals surface area contributed by atoms with Gasteiger partial charge in [0.25, 0.3) is 0 Å². The summed E-state index contributed by atoms with van der Waals surface area (Å²) in [6, 6.07) is 8.55. The van der Waals surface area contributed by atoms with Gasteiger partial charge in [-0.2, -0.15) is 4.98 Å². The van der Waals surface area contributed by atoms with Crippen molar-refractivity contribution in [1.82, 2.24) is 9.97 Å². The molecule has 2 heterocycles. The summed E-state index contributed by atoms with van der Waals surface area (Å²) in [7, 11) is 0. The second-order valence-corrected chi connectivity index (χ2v) is 8.76. The molecular formula is C23H28N4O3. The minimum Gasteiger partial charge on any atom is -0.481 e. The summed E-state index contributed by atoms with van der Waals surface area (Å²) in [5.74, 6) is 1.10. The second-order valence-electron chi connectivity index (χ2n) is 8.76. The molecule has 0 atom stereocenters. The third-order valence-electron chi connectivity index (χ3n) is 6.23. The molecule has 158 valence electrons. The van der Waals surface area contributed by atoms with E-state index in [1.165, 1.54) is 11.9 Å². The summed E-state index contributed by atoms with van der Waals surface area (Å²) < 4.78 is 6.06. The number of rotatable bonds is 5. The Morgan fingerprint density at radius 3 is 2.53 bits per heavy atom. The molecule has 0 spiro atoms. The van der Waals surface area contributed by atoms with Gasteiger partial charge in [-0.25, -0.2) is 9.98 Å². The number of ether oxygens (including phenoxy) is 1. The first-order valence-electron chi connectivity index (χ1n) is 10.5. The van der Waals surface area contributed by atoms with Crippen molar-refractivity contribution in [2.24, 2.45) is 10.9 Å². The van der Waals surface area contributed by atoms with E-state index in [1.54, 1.807) is 0 Å². The SMILES string of the molecule is CC1(C)Oc2ncnc(N)c2N=C1c1ccc(C2CCC(CCC(=O)O)CC2)cc1. The number of aromatic nitrogens is 2. The number of benzene rings is 1. The van der Waals surface area contributed by atoms with Gasteiger partial charge in [-0.05, 0) is 63.4 Å². The Kier molecular flexibility index (Phi) is 5.45. The fourth-order valence-electron chi connectivity index (χ4n) is 4.53. The maximum atomic E-state index is 10.8. The van der Waals surface area contributed by atoms with Crippen LogP contribution in [0.4, 0.5) is 11.5 Å². The van der Waals surface area contributed by atoms with E-state index >= 15 is 0 Å². The Bertz CT molecular complexity index is 961. The molecule has 30 heavy (non-hydrogen) atoms. The first-order chi connectivity index (χ1) is 14.3. The average Bonchev–Trinajstić information content (AvgIpc) is 2.72. The normalized spacial score (nSPS) is 22.5. The summed E-state index contributed by atoms with van der Waals surface area (Å²) in [4.78, 5) is 23.7. The van der Waals surface area contributed by atoms with E-state index in [1.807, 2.05) is 13.8 Å². The first kappa shape index (κ1) is 20.3. The van der Waals surface area contributed by atoms with Crippen LogP contribution in [-0.4, -0.2) is 32.4 Å². The molecule has 1 aromatic heterocycles. The minimum atomic E-state index is -0.693. The van der Waals surface area contributed by atoms with Crippen molar-refractivity contribution in [3.05, 3.63) is 41.7 Å². The second kappa shape index (κ2) is 8.05. The highest BCUT2D eigenvalue weighted by atomic mass is 16.5. The summed E-state index contributed by atoms with van der Waals surface area (Å²) >= 11 is 0. The monoisotopic (exact) mass is 408 g/mol. The Balaban J connectivity index is 1.49. The fourth-order valence-corrected chi connectivity index (χ4v) is 4.53. The Morgan fingerprint density at radius 2 is 1.87 bits per heavy atom. The summed E-state index contributed by atoms with van der Waals surface area (Å²) in [6.45, 7) is 3.94. The van der Waals surface area contributed by atoms with Crippen LogP contribution in [0.15, 0.2) is 35.6 Å². The standard InChI is InChI=1S/C23H28N4O3/c1-23(2)20(27-19-21(24)25-13-26-22(19)30-23)17-10-8-16(9-11-17)15-6-3-14(4-7-15)5-12-18(28)29/h8-11,13-15H,3-7,12H2,1-2H3,(H,28,29)(H2,24,25,26). The number of nitrogen functional groups attached to an aromatic ring is 1. The fraction of sp³-hybridized carbons (Fsp3) is 0.478. The van der Waals surface area contributed by atoms with Crippen LogP contribution in [0.2, 0.25) is 0 Å². The maximum Gasteiger partial charge on any atom is 0.303 e. The molecular weight excluding hydrogens is 380 g/mol. The van der Waals surface area contributed by atoms with E-state index < -0.39 is 11.6 Å². The Hall–Kier alpha value is -2.96. The molecule has 0 saturated heterocycles. The van der Waals surface area contributed by atoms with Crippen LogP contribution < -0.4 is 10.5 Å². The van der Waals surface area contributed by atoms with Crippen molar-refractivity contribution < 1.29 is 14.6 Å². The molecule has 1 fully saturated rings. The number of aliphatic imine (C=N–C) groups is 1. The number of carboxylic acids is 1. The van der Waals surface area contributed by atoms with E-state index in [-0.39, 0.29) is 6.42 Å². The zero-order chi connectivity index (χ0) is 21.3. The predicted molar refractivity (Wildman–Crippen MR) is 115 cm³/mol. The lowest BCUT2D eigenvalue weighted by molar-refractivity contribution is -0.137. The summed E-state index contributed by atoms with van der Waals surface area (Å²) in [5.41, 5.74) is 8.95. The van der Waals surface area contributed by atoms with E-state index in [0.29, 0.717) is 29.2 Å². The van der Waals surface area contributed by atoms with Crippen molar-refractivity contribution in [3.63, 3.8) is 0 Å². The predicted octanol–water partition coefficient (Wildman–Crippen LogP) is 4.49. The van der Waals surface area contributed by atoms with Gasteiger partial charge in [0.2, 0.25) is 5.88 Å². The summed E-state index contributed by atoms with van der Waals surface area (Å²) in [6.07, 6.45) is 6.89. The van der Waals surface area contributed by atoms with Gasteiger partial charge in [-0.3, -0.25) is 4.79 Å². The molecule has 4 rings (SSSR count). The van der Waals surface area contributed by atoms with Gasteiger partial charge < -0.3 is 15.6 Å². The highest BCUT2D eigenvalue weighted by Crippen LogP contribution is 2.40. The third kappa shape index (κ3) is 4.15. The first-order valence-corrected chi connectivity index (χ1v) is 10.5. The van der Waals surface area contributed by atoms with Gasteiger partial charge >= 0.3 is 5.97 Å². The number of nitrogens with zero attached hydrogens (tertiary/aromatic N) is 3. The number of aliphatic carboxylic acids is 1. The van der Waals surface area contributed by atoms with Gasteiger partial charge in [0, 0.05) is 12.0 Å². The number of anilines is 1. The topological polar surface area (TPSA) is 111 Å². The highest BCUT2D eigenvalue weighted by Gasteiger charge is 2.35. The zero-order valence-corrected chi connectivity index (χ0v) is 17.5. The molecule has 3 N–H and O–H groups in total. The lowest BCUT2D eigenvalue weighted by atomic mass is 9.77. The molecule has 1 aromatic carbocycles. The number of hydrogen-bond acceptors (Lipinski definition) is 6. The third-order valence-corrected chi connectivity index (χ3v) is 6.23. The zero-order valence-electron chi connectivity index (χ0n) is 17.5. The van der Waals surface area contributed by atoms with E-state index in [2.05, 4.69) is 34.2 Å². The Morgan fingerprint density at radius 1 is 1.17 bits per heavy atom. The molecule has 7 heteroatoms. The van der Waals surface area contributed by atoms with E-state index in [9.17, 15) is 4.79 Å². The van der Waals surface area contributed by atoms with Gasteiger partial charge in [0.1, 0.15) is 11.9 Å². The van der Waals surface area contributed by atoms with Crippen LogP contribution in [-0.2, 0) is 4.79 Å². The van der Waals surface area contributed by atoms with Gasteiger partial charge in [-0.1, -0.05) is 24.3 Å². The summed E-state index contributed by atoms with van der Waals surface area (Å²) in [5, 5.41) is 8.88. The maximum absolute atomic E-state index is 10.8. The number of carboxylic acid groups (broad SMARTS) is 1. The molecule has 0 amide bonds. The molecule has 0 radical (unpaired) electrons. The molecule has 1 saturated carbocycles.